The van der Waals surface area contributed by atoms with Crippen molar-refractivity contribution in [2.75, 3.05) is 19.0 Å². The van der Waals surface area contributed by atoms with Crippen LogP contribution in [0.2, 0.25) is 0 Å². The summed E-state index contributed by atoms with van der Waals surface area (Å²) in [5.41, 5.74) is 3.54. The Morgan fingerprint density at radius 1 is 0.976 bits per heavy atom. The van der Waals surface area contributed by atoms with Crippen LogP contribution in [0.4, 0.5) is 5.95 Å². The molecule has 2 heterocycles. The number of amides is 1. The van der Waals surface area contributed by atoms with Crippen LogP contribution >= 0.6 is 0 Å². The third-order valence-electron chi connectivity index (χ3n) is 6.79. The van der Waals surface area contributed by atoms with E-state index in [0.717, 1.165) is 15.6 Å². The molecule has 5 rings (SSSR count). The van der Waals surface area contributed by atoms with E-state index in [1.165, 1.54) is 31.1 Å². The Hall–Kier alpha value is -4.67. The van der Waals surface area contributed by atoms with Crippen molar-refractivity contribution >= 4 is 21.9 Å². The molecule has 42 heavy (non-hydrogen) atoms. The second kappa shape index (κ2) is 12.5. The fourth-order valence-electron chi connectivity index (χ4n) is 4.46. The molecule has 0 radical (unpaired) electrons. The Balaban J connectivity index is 1.46. The van der Waals surface area contributed by atoms with Gasteiger partial charge in [-0.05, 0) is 60.0 Å². The van der Waals surface area contributed by atoms with E-state index in [-0.39, 0.29) is 17.4 Å². The fraction of sp³-hybridized carbons (Fsp3) is 0.188. The highest BCUT2D eigenvalue weighted by Crippen LogP contribution is 2.26. The molecule has 0 aliphatic rings. The Morgan fingerprint density at radius 2 is 1.69 bits per heavy atom. The highest BCUT2D eigenvalue weighted by Gasteiger charge is 2.28. The van der Waals surface area contributed by atoms with Gasteiger partial charge in [0.1, 0.15) is 11.5 Å². The number of benzene rings is 3. The van der Waals surface area contributed by atoms with Gasteiger partial charge in [0, 0.05) is 17.4 Å². The van der Waals surface area contributed by atoms with Crippen molar-refractivity contribution in [3.8, 4) is 22.7 Å². The minimum atomic E-state index is -4.07. The molecule has 1 amide bonds. The average molecular weight is 585 g/mol. The number of nitrogens with one attached hydrogen (secondary N) is 1. The molecule has 0 aliphatic carbocycles. The Labute approximate surface area is 245 Å². The number of nitrogens with zero attached hydrogens (tertiary/aromatic N) is 3. The summed E-state index contributed by atoms with van der Waals surface area (Å²) in [6, 6.07) is 27.0. The van der Waals surface area contributed by atoms with Gasteiger partial charge in [-0.2, -0.15) is 4.31 Å². The molecule has 0 atom stereocenters. The quantitative estimate of drug-likeness (QED) is 0.201. The number of rotatable bonds is 11. The number of ether oxygens (including phenoxy) is 1. The first-order valence-corrected chi connectivity index (χ1v) is 14.9. The minimum absolute atomic E-state index is 0.0285. The molecular weight excluding hydrogens is 552 g/mol. The van der Waals surface area contributed by atoms with Crippen LogP contribution in [0, 0.1) is 0 Å². The molecule has 0 aliphatic heterocycles. The van der Waals surface area contributed by atoms with E-state index in [4.69, 9.17) is 14.1 Å². The SMILES string of the molecule is COc1ccc(S(=O)(=O)N(CC(=O)Nc2nc(-c3ccccc3)cn2-c2ccc(C(C)C)cc2)Cc2ccco2)cc1. The Kier molecular flexibility index (Phi) is 8.56. The molecule has 0 unspecified atom stereocenters. The van der Waals surface area contributed by atoms with Crippen LogP contribution in [-0.2, 0) is 21.4 Å². The summed E-state index contributed by atoms with van der Waals surface area (Å²) in [5, 5.41) is 2.84. The van der Waals surface area contributed by atoms with Gasteiger partial charge in [-0.15, -0.1) is 0 Å². The standard InChI is InChI=1S/C32H32N4O5S/c1-23(2)24-11-13-26(14-12-24)36-21-30(25-8-5-4-6-9-25)33-32(36)34-31(37)22-35(20-28-10-7-19-41-28)42(38,39)29-17-15-27(40-3)16-18-29/h4-19,21,23H,20,22H2,1-3H3,(H,33,34,37). The molecule has 10 heteroatoms. The number of hydrogen-bond donors (Lipinski definition) is 1. The molecule has 216 valence electrons. The summed E-state index contributed by atoms with van der Waals surface area (Å²) < 4.78 is 40.7. The zero-order chi connectivity index (χ0) is 29.7. The first-order chi connectivity index (χ1) is 20.2. The zero-order valence-electron chi connectivity index (χ0n) is 23.6. The highest BCUT2D eigenvalue weighted by molar-refractivity contribution is 7.89. The number of imidazole rings is 1. The summed E-state index contributed by atoms with van der Waals surface area (Å²) in [4.78, 5) is 18.2. The van der Waals surface area contributed by atoms with Gasteiger partial charge in [0.15, 0.2) is 0 Å². The number of sulfonamides is 1. The number of carbonyl (C=O) groups is 1. The number of aromatic nitrogens is 2. The third-order valence-corrected chi connectivity index (χ3v) is 8.60. The molecular formula is C32H32N4O5S. The van der Waals surface area contributed by atoms with E-state index in [0.29, 0.717) is 23.1 Å². The maximum Gasteiger partial charge on any atom is 0.243 e. The van der Waals surface area contributed by atoms with E-state index in [1.807, 2.05) is 60.8 Å². The first kappa shape index (κ1) is 28.8. The monoisotopic (exact) mass is 584 g/mol. The maximum absolute atomic E-state index is 13.7. The van der Waals surface area contributed by atoms with Crippen molar-refractivity contribution < 1.29 is 22.4 Å². The number of hydrogen-bond acceptors (Lipinski definition) is 6. The summed E-state index contributed by atoms with van der Waals surface area (Å²) in [7, 11) is -2.57. The summed E-state index contributed by atoms with van der Waals surface area (Å²) in [5.74, 6) is 1.01. The highest BCUT2D eigenvalue weighted by atomic mass is 32.2. The van der Waals surface area contributed by atoms with Gasteiger partial charge in [-0.3, -0.25) is 14.7 Å². The van der Waals surface area contributed by atoms with Crippen LogP contribution in [0.3, 0.4) is 0 Å². The van der Waals surface area contributed by atoms with E-state index < -0.39 is 22.5 Å². The van der Waals surface area contributed by atoms with Crippen LogP contribution in [0.25, 0.3) is 16.9 Å². The maximum atomic E-state index is 13.7. The van der Waals surface area contributed by atoms with Crippen LogP contribution in [0.1, 0.15) is 31.1 Å². The largest absolute Gasteiger partial charge is 0.497 e. The van der Waals surface area contributed by atoms with Gasteiger partial charge in [0.2, 0.25) is 21.9 Å². The third kappa shape index (κ3) is 6.45. The molecule has 0 saturated heterocycles. The summed E-state index contributed by atoms with van der Waals surface area (Å²) >= 11 is 0. The van der Waals surface area contributed by atoms with Gasteiger partial charge >= 0.3 is 0 Å². The molecule has 9 nitrogen and oxygen atoms in total. The lowest BCUT2D eigenvalue weighted by molar-refractivity contribution is -0.116. The van der Waals surface area contributed by atoms with Crippen molar-refractivity contribution in [1.29, 1.82) is 0 Å². The molecule has 2 aromatic heterocycles. The molecule has 5 aromatic rings. The smallest absolute Gasteiger partial charge is 0.243 e. The number of carbonyl (C=O) groups excluding carboxylic acids is 1. The Bertz CT molecular complexity index is 1730. The number of anilines is 1. The van der Waals surface area contributed by atoms with Gasteiger partial charge in [-0.1, -0.05) is 56.3 Å². The van der Waals surface area contributed by atoms with Crippen molar-refractivity contribution in [3.05, 3.63) is 115 Å². The zero-order valence-corrected chi connectivity index (χ0v) is 24.4. The predicted molar refractivity (Wildman–Crippen MR) is 161 cm³/mol. The van der Waals surface area contributed by atoms with E-state index in [9.17, 15) is 13.2 Å². The molecule has 1 N–H and O–H groups in total. The topological polar surface area (TPSA) is 107 Å². The molecule has 0 spiro atoms. The van der Waals surface area contributed by atoms with E-state index >= 15 is 0 Å². The van der Waals surface area contributed by atoms with Crippen molar-refractivity contribution in [3.63, 3.8) is 0 Å². The van der Waals surface area contributed by atoms with Crippen LogP contribution in [-0.4, -0.2) is 41.8 Å². The van der Waals surface area contributed by atoms with Gasteiger partial charge in [0.05, 0.1) is 37.1 Å². The number of methoxy groups -OCH3 is 1. The van der Waals surface area contributed by atoms with E-state index in [1.54, 1.807) is 28.8 Å². The Morgan fingerprint density at radius 3 is 2.31 bits per heavy atom. The van der Waals surface area contributed by atoms with Crippen LogP contribution < -0.4 is 10.1 Å². The number of furan rings is 1. The fourth-order valence-corrected chi connectivity index (χ4v) is 5.82. The minimum Gasteiger partial charge on any atom is -0.497 e. The lowest BCUT2D eigenvalue weighted by Crippen LogP contribution is -2.37. The predicted octanol–water partition coefficient (Wildman–Crippen LogP) is 6.09. The average Bonchev–Trinajstić information content (AvgIpc) is 3.67. The van der Waals surface area contributed by atoms with Gasteiger partial charge in [0.25, 0.3) is 0 Å². The summed E-state index contributed by atoms with van der Waals surface area (Å²) in [6.07, 6.45) is 3.31. The second-order valence-corrected chi connectivity index (χ2v) is 11.9. The van der Waals surface area contributed by atoms with Crippen molar-refractivity contribution in [1.82, 2.24) is 13.9 Å². The summed E-state index contributed by atoms with van der Waals surface area (Å²) in [6.45, 7) is 3.66. The molecule has 0 bridgehead atoms. The van der Waals surface area contributed by atoms with Gasteiger partial charge in [-0.25, -0.2) is 13.4 Å². The van der Waals surface area contributed by atoms with Crippen molar-refractivity contribution in [2.24, 2.45) is 0 Å². The lowest BCUT2D eigenvalue weighted by Gasteiger charge is -2.21. The second-order valence-electron chi connectivity index (χ2n) is 10.0. The van der Waals surface area contributed by atoms with E-state index in [2.05, 4.69) is 19.2 Å². The first-order valence-electron chi connectivity index (χ1n) is 13.5. The molecule has 0 saturated carbocycles. The van der Waals surface area contributed by atoms with Crippen molar-refractivity contribution in [2.45, 2.75) is 31.2 Å². The van der Waals surface area contributed by atoms with Crippen LogP contribution in [0.5, 0.6) is 5.75 Å². The van der Waals surface area contributed by atoms with Gasteiger partial charge < -0.3 is 9.15 Å². The van der Waals surface area contributed by atoms with Crippen LogP contribution in [0.15, 0.2) is 113 Å². The molecule has 0 fully saturated rings. The normalized spacial score (nSPS) is 11.6. The molecule has 3 aromatic carbocycles. The lowest BCUT2D eigenvalue weighted by atomic mass is 10.0.